The van der Waals surface area contributed by atoms with Gasteiger partial charge in [-0.3, -0.25) is 0 Å². The van der Waals surface area contributed by atoms with Crippen molar-refractivity contribution in [2.24, 2.45) is 5.92 Å². The lowest BCUT2D eigenvalue weighted by atomic mass is 9.96. The van der Waals surface area contributed by atoms with Gasteiger partial charge in [-0.2, -0.15) is 0 Å². The molecular formula is C17H30N4. The van der Waals surface area contributed by atoms with E-state index < -0.39 is 0 Å². The van der Waals surface area contributed by atoms with E-state index in [1.807, 2.05) is 0 Å². The van der Waals surface area contributed by atoms with Gasteiger partial charge in [-0.15, -0.1) is 0 Å². The van der Waals surface area contributed by atoms with Crippen LogP contribution in [0, 0.1) is 5.92 Å². The largest absolute Gasteiger partial charge is 0.356 e. The van der Waals surface area contributed by atoms with Crippen molar-refractivity contribution in [1.82, 2.24) is 15.3 Å². The molecular weight excluding hydrogens is 260 g/mol. The van der Waals surface area contributed by atoms with Crippen molar-refractivity contribution in [2.45, 2.75) is 58.9 Å². The normalized spacial score (nSPS) is 19.8. The molecule has 1 atom stereocenters. The second kappa shape index (κ2) is 7.21. The van der Waals surface area contributed by atoms with Crippen molar-refractivity contribution in [1.29, 1.82) is 0 Å². The van der Waals surface area contributed by atoms with E-state index in [4.69, 9.17) is 0 Å². The minimum atomic E-state index is 0.200. The Morgan fingerprint density at radius 2 is 2.14 bits per heavy atom. The average molecular weight is 290 g/mol. The molecule has 4 nitrogen and oxygen atoms in total. The molecule has 0 spiro atoms. The molecule has 118 valence electrons. The number of hydrogen-bond acceptors (Lipinski definition) is 4. The smallest absolute Gasteiger partial charge is 0.132 e. The Labute approximate surface area is 129 Å². The molecule has 0 bridgehead atoms. The highest BCUT2D eigenvalue weighted by Gasteiger charge is 2.22. The standard InChI is InChI=1S/C17H30N4/c1-5-7-15-10-16(19-13-18-15)21-9-6-8-14(12-21)11-20-17(2,3)4/h10,13-14,20H,5-9,11-12H2,1-4H3. The molecule has 1 aliphatic rings. The number of rotatable bonds is 5. The van der Waals surface area contributed by atoms with Crippen LogP contribution < -0.4 is 10.2 Å². The van der Waals surface area contributed by atoms with Gasteiger partial charge >= 0.3 is 0 Å². The first-order valence-corrected chi connectivity index (χ1v) is 8.29. The average Bonchev–Trinajstić information content (AvgIpc) is 2.45. The van der Waals surface area contributed by atoms with Crippen molar-refractivity contribution in [3.05, 3.63) is 18.1 Å². The molecule has 1 saturated heterocycles. The molecule has 1 fully saturated rings. The Hall–Kier alpha value is -1.16. The molecule has 0 aliphatic carbocycles. The van der Waals surface area contributed by atoms with Gasteiger partial charge in [0.05, 0.1) is 0 Å². The van der Waals surface area contributed by atoms with E-state index in [1.165, 1.54) is 12.8 Å². The van der Waals surface area contributed by atoms with Gasteiger partial charge in [0.15, 0.2) is 0 Å². The Bertz CT molecular complexity index is 439. The lowest BCUT2D eigenvalue weighted by Crippen LogP contribution is -2.44. The summed E-state index contributed by atoms with van der Waals surface area (Å²) in [5.74, 6) is 1.82. The van der Waals surface area contributed by atoms with Crippen LogP contribution in [0.1, 0.15) is 52.7 Å². The summed E-state index contributed by atoms with van der Waals surface area (Å²) in [6.45, 7) is 12.2. The number of anilines is 1. The summed E-state index contributed by atoms with van der Waals surface area (Å²) in [4.78, 5) is 11.3. The second-order valence-corrected chi connectivity index (χ2v) is 7.20. The Morgan fingerprint density at radius 3 is 2.86 bits per heavy atom. The highest BCUT2D eigenvalue weighted by atomic mass is 15.2. The Balaban J connectivity index is 1.95. The first kappa shape index (κ1) is 16.2. The fourth-order valence-corrected chi connectivity index (χ4v) is 2.84. The first-order chi connectivity index (χ1) is 9.98. The van der Waals surface area contributed by atoms with Crippen LogP contribution in [0.25, 0.3) is 0 Å². The molecule has 1 aromatic rings. The quantitative estimate of drug-likeness (QED) is 0.905. The van der Waals surface area contributed by atoms with Gasteiger partial charge < -0.3 is 10.2 Å². The van der Waals surface area contributed by atoms with Gasteiger partial charge in [0.1, 0.15) is 12.1 Å². The number of nitrogens with one attached hydrogen (secondary N) is 1. The van der Waals surface area contributed by atoms with E-state index in [2.05, 4.69) is 53.9 Å². The molecule has 0 radical (unpaired) electrons. The highest BCUT2D eigenvalue weighted by molar-refractivity contribution is 5.39. The van der Waals surface area contributed by atoms with Crippen LogP contribution in [-0.2, 0) is 6.42 Å². The van der Waals surface area contributed by atoms with Crippen molar-refractivity contribution >= 4 is 5.82 Å². The van der Waals surface area contributed by atoms with Gasteiger partial charge in [-0.1, -0.05) is 13.3 Å². The van der Waals surface area contributed by atoms with Crippen molar-refractivity contribution in [2.75, 3.05) is 24.5 Å². The van der Waals surface area contributed by atoms with E-state index >= 15 is 0 Å². The van der Waals surface area contributed by atoms with E-state index in [1.54, 1.807) is 6.33 Å². The maximum absolute atomic E-state index is 4.48. The SMILES string of the molecule is CCCc1cc(N2CCCC(CNC(C)(C)C)C2)ncn1. The number of hydrogen-bond donors (Lipinski definition) is 1. The molecule has 0 aromatic carbocycles. The summed E-state index contributed by atoms with van der Waals surface area (Å²) >= 11 is 0. The number of piperidine rings is 1. The van der Waals surface area contributed by atoms with Crippen molar-refractivity contribution < 1.29 is 0 Å². The van der Waals surface area contributed by atoms with Gasteiger partial charge in [0.2, 0.25) is 0 Å². The molecule has 1 aromatic heterocycles. The van der Waals surface area contributed by atoms with Crippen LogP contribution in [0.15, 0.2) is 12.4 Å². The number of aromatic nitrogens is 2. The highest BCUT2D eigenvalue weighted by Crippen LogP contribution is 2.22. The van der Waals surface area contributed by atoms with Gasteiger partial charge in [0.25, 0.3) is 0 Å². The topological polar surface area (TPSA) is 41.0 Å². The first-order valence-electron chi connectivity index (χ1n) is 8.29. The zero-order chi connectivity index (χ0) is 15.3. The summed E-state index contributed by atoms with van der Waals surface area (Å²) in [6, 6.07) is 2.17. The molecule has 21 heavy (non-hydrogen) atoms. The molecule has 1 N–H and O–H groups in total. The fourth-order valence-electron chi connectivity index (χ4n) is 2.84. The molecule has 0 saturated carbocycles. The summed E-state index contributed by atoms with van der Waals surface area (Å²) in [6.07, 6.45) is 6.46. The third-order valence-corrected chi connectivity index (χ3v) is 3.98. The minimum Gasteiger partial charge on any atom is -0.356 e. The van der Waals surface area contributed by atoms with Gasteiger partial charge in [0, 0.05) is 36.9 Å². The van der Waals surface area contributed by atoms with E-state index in [0.717, 1.165) is 44.0 Å². The third-order valence-electron chi connectivity index (χ3n) is 3.98. The lowest BCUT2D eigenvalue weighted by molar-refractivity contribution is 0.335. The molecule has 1 aliphatic heterocycles. The lowest BCUT2D eigenvalue weighted by Gasteiger charge is -2.35. The predicted octanol–water partition coefficient (Wildman–Crippen LogP) is 3.03. The summed E-state index contributed by atoms with van der Waals surface area (Å²) in [5, 5.41) is 3.64. The Morgan fingerprint density at radius 1 is 1.33 bits per heavy atom. The van der Waals surface area contributed by atoms with Gasteiger partial charge in [-0.25, -0.2) is 9.97 Å². The van der Waals surface area contributed by atoms with Crippen LogP contribution in [0.3, 0.4) is 0 Å². The van der Waals surface area contributed by atoms with Crippen LogP contribution in [-0.4, -0.2) is 35.1 Å². The molecule has 1 unspecified atom stereocenters. The van der Waals surface area contributed by atoms with Gasteiger partial charge in [-0.05, 0) is 46.0 Å². The second-order valence-electron chi connectivity index (χ2n) is 7.20. The van der Waals surface area contributed by atoms with E-state index in [0.29, 0.717) is 5.92 Å². The van der Waals surface area contributed by atoms with Crippen LogP contribution in [0.5, 0.6) is 0 Å². The molecule has 0 amide bonds. The maximum atomic E-state index is 4.48. The molecule has 2 rings (SSSR count). The van der Waals surface area contributed by atoms with E-state index in [-0.39, 0.29) is 5.54 Å². The zero-order valence-electron chi connectivity index (χ0n) is 14.0. The molecule has 4 heteroatoms. The third kappa shape index (κ3) is 5.27. The number of nitrogens with zero attached hydrogens (tertiary/aromatic N) is 3. The zero-order valence-corrected chi connectivity index (χ0v) is 14.0. The number of aryl methyl sites for hydroxylation is 1. The van der Waals surface area contributed by atoms with Crippen LogP contribution >= 0.6 is 0 Å². The monoisotopic (exact) mass is 290 g/mol. The Kier molecular flexibility index (Phi) is 5.57. The van der Waals surface area contributed by atoms with Crippen molar-refractivity contribution in [3.63, 3.8) is 0 Å². The fraction of sp³-hybridized carbons (Fsp3) is 0.765. The van der Waals surface area contributed by atoms with Crippen LogP contribution in [0.2, 0.25) is 0 Å². The minimum absolute atomic E-state index is 0.200. The van der Waals surface area contributed by atoms with E-state index in [9.17, 15) is 0 Å². The maximum Gasteiger partial charge on any atom is 0.132 e. The molecule has 2 heterocycles. The summed E-state index contributed by atoms with van der Waals surface area (Å²) in [7, 11) is 0. The van der Waals surface area contributed by atoms with Crippen molar-refractivity contribution in [3.8, 4) is 0 Å². The predicted molar refractivity (Wildman–Crippen MR) is 88.7 cm³/mol. The van der Waals surface area contributed by atoms with Crippen LogP contribution in [0.4, 0.5) is 5.82 Å². The summed E-state index contributed by atoms with van der Waals surface area (Å²) in [5.41, 5.74) is 1.36. The summed E-state index contributed by atoms with van der Waals surface area (Å²) < 4.78 is 0.